The number of aliphatic hydroxyl groups excluding tert-OH is 1. The van der Waals surface area contributed by atoms with Crippen LogP contribution in [0.4, 0.5) is 0 Å². The number of amides is 1. The van der Waals surface area contributed by atoms with Crippen molar-refractivity contribution in [2.24, 2.45) is 0 Å². The number of hydrogen-bond donors (Lipinski definition) is 2. The van der Waals surface area contributed by atoms with Gasteiger partial charge >= 0.3 is 0 Å². The van der Waals surface area contributed by atoms with Gasteiger partial charge in [-0.3, -0.25) is 4.79 Å². The Labute approximate surface area is 107 Å². The van der Waals surface area contributed by atoms with Gasteiger partial charge in [0.1, 0.15) is 5.69 Å². The second-order valence-corrected chi connectivity index (χ2v) is 3.99. The van der Waals surface area contributed by atoms with E-state index in [4.69, 9.17) is 5.11 Å². The third-order valence-corrected chi connectivity index (χ3v) is 2.46. The fourth-order valence-corrected chi connectivity index (χ4v) is 1.22. The molecule has 0 fully saturated rings. The molecule has 4 nitrogen and oxygen atoms in total. The quantitative estimate of drug-likeness (QED) is 0.788. The molecule has 0 bridgehead atoms. The standard InChI is InChI=1S/C14H18N2O2/c1-3-11(2)16-14(18)13-8-7-12(10-15-13)6-4-5-9-17/h7-8,10-11,17H,3,5,9H2,1-2H3,(H,16,18). The first-order chi connectivity index (χ1) is 8.67. The molecular formula is C14H18N2O2. The molecule has 0 spiro atoms. The third-order valence-electron chi connectivity index (χ3n) is 2.46. The summed E-state index contributed by atoms with van der Waals surface area (Å²) in [4.78, 5) is 15.8. The summed E-state index contributed by atoms with van der Waals surface area (Å²) in [5.74, 6) is 5.49. The van der Waals surface area contributed by atoms with Crippen LogP contribution in [0.1, 0.15) is 42.7 Å². The molecule has 4 heteroatoms. The van der Waals surface area contributed by atoms with Gasteiger partial charge in [-0.15, -0.1) is 0 Å². The Morgan fingerprint density at radius 2 is 2.33 bits per heavy atom. The molecule has 0 aliphatic rings. The number of aromatic nitrogens is 1. The van der Waals surface area contributed by atoms with E-state index in [1.54, 1.807) is 18.3 Å². The highest BCUT2D eigenvalue weighted by Gasteiger charge is 2.08. The number of nitrogens with zero attached hydrogens (tertiary/aromatic N) is 1. The van der Waals surface area contributed by atoms with Crippen molar-refractivity contribution >= 4 is 5.91 Å². The van der Waals surface area contributed by atoms with Crippen molar-refractivity contribution in [3.05, 3.63) is 29.6 Å². The summed E-state index contributed by atoms with van der Waals surface area (Å²) in [6.45, 7) is 4.01. The van der Waals surface area contributed by atoms with Crippen LogP contribution in [-0.2, 0) is 0 Å². The van der Waals surface area contributed by atoms with Crippen molar-refractivity contribution in [1.82, 2.24) is 10.3 Å². The van der Waals surface area contributed by atoms with Crippen LogP contribution in [0.25, 0.3) is 0 Å². The zero-order chi connectivity index (χ0) is 13.4. The van der Waals surface area contributed by atoms with E-state index in [0.717, 1.165) is 12.0 Å². The van der Waals surface area contributed by atoms with E-state index in [-0.39, 0.29) is 18.6 Å². The average Bonchev–Trinajstić information content (AvgIpc) is 2.39. The number of pyridine rings is 1. The molecule has 0 aliphatic carbocycles. The minimum Gasteiger partial charge on any atom is -0.395 e. The van der Waals surface area contributed by atoms with Crippen molar-refractivity contribution in [3.8, 4) is 11.8 Å². The van der Waals surface area contributed by atoms with E-state index in [0.29, 0.717) is 12.1 Å². The summed E-state index contributed by atoms with van der Waals surface area (Å²) in [5.41, 5.74) is 1.13. The normalized spacial score (nSPS) is 11.3. The highest BCUT2D eigenvalue weighted by molar-refractivity contribution is 5.92. The molecule has 1 atom stereocenters. The average molecular weight is 246 g/mol. The Balaban J connectivity index is 2.65. The first kappa shape index (κ1) is 14.2. The molecule has 1 unspecified atom stereocenters. The summed E-state index contributed by atoms with van der Waals surface area (Å²) in [6, 6.07) is 3.55. The molecule has 18 heavy (non-hydrogen) atoms. The summed E-state index contributed by atoms with van der Waals surface area (Å²) >= 11 is 0. The van der Waals surface area contributed by atoms with Gasteiger partial charge < -0.3 is 10.4 Å². The Morgan fingerprint density at radius 1 is 1.56 bits per heavy atom. The van der Waals surface area contributed by atoms with Crippen LogP contribution in [0.15, 0.2) is 18.3 Å². The maximum atomic E-state index is 11.7. The largest absolute Gasteiger partial charge is 0.395 e. The van der Waals surface area contributed by atoms with Crippen molar-refractivity contribution in [2.45, 2.75) is 32.7 Å². The second-order valence-electron chi connectivity index (χ2n) is 3.99. The molecule has 0 saturated carbocycles. The molecule has 96 valence electrons. The second kappa shape index (κ2) is 7.46. The minimum absolute atomic E-state index is 0.0514. The highest BCUT2D eigenvalue weighted by atomic mass is 16.2. The number of carbonyl (C=O) groups excluding carboxylic acids is 1. The lowest BCUT2D eigenvalue weighted by atomic mass is 10.2. The van der Waals surface area contributed by atoms with Gasteiger partial charge in [-0.05, 0) is 25.5 Å². The van der Waals surface area contributed by atoms with E-state index < -0.39 is 0 Å². The lowest BCUT2D eigenvalue weighted by Gasteiger charge is -2.10. The summed E-state index contributed by atoms with van der Waals surface area (Å²) in [7, 11) is 0. The monoisotopic (exact) mass is 246 g/mol. The Kier molecular flexibility index (Phi) is 5.89. The van der Waals surface area contributed by atoms with Crippen LogP contribution in [0.3, 0.4) is 0 Å². The van der Waals surface area contributed by atoms with Gasteiger partial charge in [0.15, 0.2) is 0 Å². The molecule has 1 rings (SSSR count). The van der Waals surface area contributed by atoms with Crippen molar-refractivity contribution in [1.29, 1.82) is 0 Å². The fraction of sp³-hybridized carbons (Fsp3) is 0.429. The number of carbonyl (C=O) groups is 1. The Morgan fingerprint density at radius 3 is 2.89 bits per heavy atom. The van der Waals surface area contributed by atoms with Crippen LogP contribution in [0.5, 0.6) is 0 Å². The maximum Gasteiger partial charge on any atom is 0.270 e. The molecular weight excluding hydrogens is 228 g/mol. The Hall–Kier alpha value is -1.86. The van der Waals surface area contributed by atoms with Gasteiger partial charge in [0, 0.05) is 24.2 Å². The molecule has 0 aromatic carbocycles. The highest BCUT2D eigenvalue weighted by Crippen LogP contribution is 2.00. The van der Waals surface area contributed by atoms with Crippen molar-refractivity contribution < 1.29 is 9.90 Å². The predicted molar refractivity (Wildman–Crippen MR) is 70.0 cm³/mol. The van der Waals surface area contributed by atoms with E-state index in [1.807, 2.05) is 13.8 Å². The van der Waals surface area contributed by atoms with Gasteiger partial charge in [-0.25, -0.2) is 4.98 Å². The molecule has 0 saturated heterocycles. The summed E-state index contributed by atoms with van der Waals surface area (Å²) in [5, 5.41) is 11.4. The van der Waals surface area contributed by atoms with E-state index >= 15 is 0 Å². The number of aliphatic hydroxyl groups is 1. The zero-order valence-electron chi connectivity index (χ0n) is 10.7. The van der Waals surface area contributed by atoms with Crippen molar-refractivity contribution in [2.75, 3.05) is 6.61 Å². The van der Waals surface area contributed by atoms with Gasteiger partial charge in [0.05, 0.1) is 6.61 Å². The number of hydrogen-bond acceptors (Lipinski definition) is 3. The number of nitrogens with one attached hydrogen (secondary N) is 1. The number of rotatable bonds is 4. The fourth-order valence-electron chi connectivity index (χ4n) is 1.22. The smallest absolute Gasteiger partial charge is 0.270 e. The van der Waals surface area contributed by atoms with Gasteiger partial charge in [0.2, 0.25) is 0 Å². The van der Waals surface area contributed by atoms with Crippen LogP contribution < -0.4 is 5.32 Å². The van der Waals surface area contributed by atoms with Gasteiger partial charge in [-0.1, -0.05) is 18.8 Å². The first-order valence-electron chi connectivity index (χ1n) is 6.04. The van der Waals surface area contributed by atoms with E-state index in [9.17, 15) is 4.79 Å². The minimum atomic E-state index is -0.167. The van der Waals surface area contributed by atoms with Crippen LogP contribution in [0, 0.1) is 11.8 Å². The lowest BCUT2D eigenvalue weighted by molar-refractivity contribution is 0.0934. The van der Waals surface area contributed by atoms with Crippen LogP contribution in [-0.4, -0.2) is 28.6 Å². The molecule has 0 aliphatic heterocycles. The summed E-state index contributed by atoms with van der Waals surface area (Å²) < 4.78 is 0. The molecule has 1 aromatic heterocycles. The van der Waals surface area contributed by atoms with E-state index in [2.05, 4.69) is 22.1 Å². The SMILES string of the molecule is CCC(C)NC(=O)c1ccc(C#CCCO)cn1. The predicted octanol–water partition coefficient (Wildman–Crippen LogP) is 1.34. The Bertz CT molecular complexity index is 443. The third kappa shape index (κ3) is 4.56. The van der Waals surface area contributed by atoms with Crippen molar-refractivity contribution in [3.63, 3.8) is 0 Å². The van der Waals surface area contributed by atoms with Crippen LogP contribution >= 0.6 is 0 Å². The molecule has 1 amide bonds. The molecule has 1 aromatic rings. The first-order valence-corrected chi connectivity index (χ1v) is 6.04. The summed E-state index contributed by atoms with van der Waals surface area (Å²) in [6.07, 6.45) is 2.89. The maximum absolute atomic E-state index is 11.7. The zero-order valence-corrected chi connectivity index (χ0v) is 10.7. The molecule has 2 N–H and O–H groups in total. The van der Waals surface area contributed by atoms with Crippen LogP contribution in [0.2, 0.25) is 0 Å². The topological polar surface area (TPSA) is 62.2 Å². The molecule has 0 radical (unpaired) electrons. The molecule has 1 heterocycles. The van der Waals surface area contributed by atoms with Gasteiger partial charge in [-0.2, -0.15) is 0 Å². The lowest BCUT2D eigenvalue weighted by Crippen LogP contribution is -2.32. The van der Waals surface area contributed by atoms with E-state index in [1.165, 1.54) is 0 Å². The van der Waals surface area contributed by atoms with Gasteiger partial charge in [0.25, 0.3) is 5.91 Å².